The summed E-state index contributed by atoms with van der Waals surface area (Å²) < 4.78 is 19.7. The molecule has 40 heavy (non-hydrogen) atoms. The third-order valence-corrected chi connectivity index (χ3v) is 7.16. The quantitative estimate of drug-likeness (QED) is 0.339. The second-order valence-electron chi connectivity index (χ2n) is 11.0. The molecule has 0 amide bonds. The van der Waals surface area contributed by atoms with Gasteiger partial charge in [0.15, 0.2) is 11.6 Å². The van der Waals surface area contributed by atoms with Crippen molar-refractivity contribution < 1.29 is 4.39 Å². The number of nitrogens with one attached hydrogen (secondary N) is 1. The summed E-state index contributed by atoms with van der Waals surface area (Å²) in [4.78, 5) is 31.0. The Hall–Kier alpha value is -4.60. The van der Waals surface area contributed by atoms with Gasteiger partial charge in [0.05, 0.1) is 11.6 Å². The summed E-state index contributed by atoms with van der Waals surface area (Å²) in [7, 11) is 3.51. The minimum Gasteiger partial charge on any atom is -0.334 e. The SMILES string of the molecule is CCc1c(-c2cc(Nc3cc(C)n(C)n3)c(=O)n(C)c2)ccnc1-n1ncc2cc(C(C)(C)C)cc(F)c2c1=O. The van der Waals surface area contributed by atoms with Gasteiger partial charge in [-0.15, -0.1) is 0 Å². The van der Waals surface area contributed by atoms with E-state index in [4.69, 9.17) is 0 Å². The maximum atomic E-state index is 15.3. The lowest BCUT2D eigenvalue weighted by Gasteiger charge is -2.20. The van der Waals surface area contributed by atoms with E-state index in [2.05, 4.69) is 20.5 Å². The minimum atomic E-state index is -0.587. The topological polar surface area (TPSA) is 99.6 Å². The molecule has 0 radical (unpaired) electrons. The van der Waals surface area contributed by atoms with Crippen LogP contribution in [0.1, 0.15) is 44.5 Å². The van der Waals surface area contributed by atoms with Gasteiger partial charge in [-0.25, -0.2) is 9.37 Å². The Morgan fingerprint density at radius 3 is 2.45 bits per heavy atom. The second kappa shape index (κ2) is 9.86. The van der Waals surface area contributed by atoms with E-state index >= 15 is 4.39 Å². The first-order valence-corrected chi connectivity index (χ1v) is 13.1. The zero-order valence-electron chi connectivity index (χ0n) is 23.7. The van der Waals surface area contributed by atoms with E-state index in [-0.39, 0.29) is 16.4 Å². The Morgan fingerprint density at radius 1 is 1.05 bits per heavy atom. The van der Waals surface area contributed by atoms with Crippen LogP contribution in [0.2, 0.25) is 0 Å². The van der Waals surface area contributed by atoms with E-state index in [1.165, 1.54) is 16.8 Å². The summed E-state index contributed by atoms with van der Waals surface area (Å²) in [5, 5.41) is 12.3. The molecule has 4 aromatic heterocycles. The molecule has 0 atom stereocenters. The molecule has 10 heteroatoms. The van der Waals surface area contributed by atoms with E-state index < -0.39 is 11.4 Å². The van der Waals surface area contributed by atoms with Crippen LogP contribution in [0.25, 0.3) is 27.7 Å². The number of hydrogen-bond acceptors (Lipinski definition) is 6. The zero-order chi connectivity index (χ0) is 28.9. The van der Waals surface area contributed by atoms with Gasteiger partial charge < -0.3 is 9.88 Å². The third kappa shape index (κ3) is 4.70. The highest BCUT2D eigenvalue weighted by atomic mass is 19.1. The number of pyridine rings is 2. The number of aromatic nitrogens is 6. The van der Waals surface area contributed by atoms with Crippen LogP contribution in [0.4, 0.5) is 15.9 Å². The van der Waals surface area contributed by atoms with Crippen LogP contribution in [-0.2, 0) is 25.9 Å². The summed E-state index contributed by atoms with van der Waals surface area (Å²) in [6, 6.07) is 8.67. The van der Waals surface area contributed by atoms with E-state index in [0.717, 1.165) is 32.6 Å². The molecule has 0 saturated heterocycles. The molecule has 9 nitrogen and oxygen atoms in total. The lowest BCUT2D eigenvalue weighted by molar-refractivity contribution is 0.576. The molecule has 0 saturated carbocycles. The van der Waals surface area contributed by atoms with Crippen LogP contribution in [0.3, 0.4) is 0 Å². The van der Waals surface area contributed by atoms with Crippen molar-refractivity contribution in [3.8, 4) is 16.9 Å². The first-order chi connectivity index (χ1) is 18.9. The van der Waals surface area contributed by atoms with Crippen LogP contribution in [-0.4, -0.2) is 29.1 Å². The van der Waals surface area contributed by atoms with Crippen LogP contribution < -0.4 is 16.4 Å². The molecule has 0 aliphatic heterocycles. The zero-order valence-corrected chi connectivity index (χ0v) is 23.7. The second-order valence-corrected chi connectivity index (χ2v) is 11.0. The van der Waals surface area contributed by atoms with Crippen LogP contribution in [0, 0.1) is 12.7 Å². The molecular weight excluding hydrogens is 509 g/mol. The first kappa shape index (κ1) is 27.0. The average molecular weight is 542 g/mol. The molecule has 0 unspecified atom stereocenters. The molecule has 206 valence electrons. The van der Waals surface area contributed by atoms with Crippen molar-refractivity contribution in [2.45, 2.75) is 46.5 Å². The molecular formula is C30H32FN7O2. The Morgan fingerprint density at radius 2 is 1.80 bits per heavy atom. The summed E-state index contributed by atoms with van der Waals surface area (Å²) in [6.07, 6.45) is 5.34. The predicted molar refractivity (Wildman–Crippen MR) is 155 cm³/mol. The number of halogens is 1. The molecule has 0 spiro atoms. The molecule has 0 fully saturated rings. The molecule has 4 heterocycles. The molecule has 0 aliphatic carbocycles. The summed E-state index contributed by atoms with van der Waals surface area (Å²) in [5.74, 6) is 0.287. The smallest absolute Gasteiger partial charge is 0.283 e. The fraction of sp³-hybridized carbons (Fsp3) is 0.300. The van der Waals surface area contributed by atoms with Crippen molar-refractivity contribution in [3.05, 3.63) is 92.3 Å². The van der Waals surface area contributed by atoms with Gasteiger partial charge in [0.2, 0.25) is 0 Å². The highest BCUT2D eigenvalue weighted by molar-refractivity contribution is 5.83. The summed E-state index contributed by atoms with van der Waals surface area (Å²) in [5.41, 5.74) is 3.27. The van der Waals surface area contributed by atoms with Crippen molar-refractivity contribution >= 4 is 22.3 Å². The molecule has 1 N–H and O–H groups in total. The van der Waals surface area contributed by atoms with Crippen molar-refractivity contribution in [2.24, 2.45) is 14.1 Å². The predicted octanol–water partition coefficient (Wildman–Crippen LogP) is 4.93. The lowest BCUT2D eigenvalue weighted by atomic mass is 9.86. The largest absolute Gasteiger partial charge is 0.334 e. The Kier molecular flexibility index (Phi) is 6.65. The van der Waals surface area contributed by atoms with Crippen LogP contribution in [0.5, 0.6) is 0 Å². The maximum absolute atomic E-state index is 15.3. The summed E-state index contributed by atoms with van der Waals surface area (Å²) in [6.45, 7) is 9.84. The number of hydrogen-bond donors (Lipinski definition) is 1. The van der Waals surface area contributed by atoms with Gasteiger partial charge in [0, 0.05) is 54.8 Å². The monoisotopic (exact) mass is 541 g/mol. The number of fused-ring (bicyclic) bond motifs is 1. The Bertz CT molecular complexity index is 1870. The van der Waals surface area contributed by atoms with Crippen molar-refractivity contribution in [3.63, 3.8) is 0 Å². The normalized spacial score (nSPS) is 11.8. The van der Waals surface area contributed by atoms with Gasteiger partial charge in [-0.3, -0.25) is 14.3 Å². The number of anilines is 2. The number of aryl methyl sites for hydroxylation is 3. The van der Waals surface area contributed by atoms with Crippen molar-refractivity contribution in [2.75, 3.05) is 5.32 Å². The highest BCUT2D eigenvalue weighted by Gasteiger charge is 2.21. The first-order valence-electron chi connectivity index (χ1n) is 13.1. The van der Waals surface area contributed by atoms with E-state index in [9.17, 15) is 9.59 Å². The standard InChI is InChI=1S/C30H32FN7O2/c1-8-21-22(19-13-24(28(39)36(6)16-19)34-25-11-17(2)37(7)35-25)9-10-32-27(21)38-29(40)26-18(15-33-38)12-20(14-23(26)31)30(3,4)5/h9-16H,8H2,1-7H3,(H,34,35). The molecule has 0 aliphatic rings. The van der Waals surface area contributed by atoms with Gasteiger partial charge in [-0.2, -0.15) is 14.9 Å². The van der Waals surface area contributed by atoms with Crippen molar-refractivity contribution in [1.82, 2.24) is 29.1 Å². The molecule has 5 aromatic rings. The van der Waals surface area contributed by atoms with E-state index in [0.29, 0.717) is 29.1 Å². The van der Waals surface area contributed by atoms with Crippen LogP contribution in [0.15, 0.2) is 58.5 Å². The van der Waals surface area contributed by atoms with Gasteiger partial charge in [0.1, 0.15) is 11.5 Å². The number of rotatable bonds is 5. The molecule has 0 bridgehead atoms. The van der Waals surface area contributed by atoms with Crippen molar-refractivity contribution in [1.29, 1.82) is 0 Å². The maximum Gasteiger partial charge on any atom is 0.283 e. The van der Waals surface area contributed by atoms with E-state index in [1.54, 1.807) is 30.2 Å². The summed E-state index contributed by atoms with van der Waals surface area (Å²) >= 11 is 0. The highest BCUT2D eigenvalue weighted by Crippen LogP contribution is 2.30. The van der Waals surface area contributed by atoms with Crippen LogP contribution >= 0.6 is 0 Å². The average Bonchev–Trinajstić information content (AvgIpc) is 3.21. The van der Waals surface area contributed by atoms with E-state index in [1.807, 2.05) is 59.9 Å². The minimum absolute atomic E-state index is 0.0310. The van der Waals surface area contributed by atoms with Gasteiger partial charge >= 0.3 is 0 Å². The molecule has 1 aromatic carbocycles. The Balaban J connectivity index is 1.66. The lowest BCUT2D eigenvalue weighted by Crippen LogP contribution is -2.25. The van der Waals surface area contributed by atoms with Gasteiger partial charge in [-0.05, 0) is 54.2 Å². The fourth-order valence-electron chi connectivity index (χ4n) is 4.81. The third-order valence-electron chi connectivity index (χ3n) is 7.16. The Labute approximate surface area is 230 Å². The van der Waals surface area contributed by atoms with Gasteiger partial charge in [-0.1, -0.05) is 27.7 Å². The number of nitrogens with zero attached hydrogens (tertiary/aromatic N) is 6. The molecule has 5 rings (SSSR count). The fourth-order valence-corrected chi connectivity index (χ4v) is 4.81. The van der Waals surface area contributed by atoms with Gasteiger partial charge in [0.25, 0.3) is 11.1 Å². The number of benzene rings is 1.